The Kier molecular flexibility index (Phi) is 4.43. The summed E-state index contributed by atoms with van der Waals surface area (Å²) < 4.78 is 5.24. The Balaban J connectivity index is 1.88. The summed E-state index contributed by atoms with van der Waals surface area (Å²) in [5.74, 6) is 1.76. The molecule has 17 heavy (non-hydrogen) atoms. The molecule has 1 aromatic carbocycles. The lowest BCUT2D eigenvalue weighted by Crippen LogP contribution is -2.36. The molecule has 2 unspecified atom stereocenters. The zero-order valence-corrected chi connectivity index (χ0v) is 10.9. The van der Waals surface area contributed by atoms with Crippen LogP contribution in [0.1, 0.15) is 38.2 Å². The molecular weight excluding hydrogens is 210 g/mol. The van der Waals surface area contributed by atoms with Crippen molar-refractivity contribution in [3.63, 3.8) is 0 Å². The van der Waals surface area contributed by atoms with Gasteiger partial charge in [0.05, 0.1) is 7.11 Å². The highest BCUT2D eigenvalue weighted by atomic mass is 16.5. The molecule has 0 aromatic heterocycles. The Morgan fingerprint density at radius 2 is 2.12 bits per heavy atom. The lowest BCUT2D eigenvalue weighted by molar-refractivity contribution is 0.279. The van der Waals surface area contributed by atoms with Crippen molar-refractivity contribution >= 4 is 0 Å². The molecule has 2 heteroatoms. The van der Waals surface area contributed by atoms with E-state index in [0.29, 0.717) is 6.04 Å². The predicted octanol–water partition coefficient (Wildman–Crippen LogP) is 3.36. The quantitative estimate of drug-likeness (QED) is 0.861. The van der Waals surface area contributed by atoms with Crippen molar-refractivity contribution in [2.24, 2.45) is 5.92 Å². The monoisotopic (exact) mass is 233 g/mol. The summed E-state index contributed by atoms with van der Waals surface area (Å²) in [5.41, 5.74) is 1.31. The summed E-state index contributed by atoms with van der Waals surface area (Å²) in [5, 5.41) is 3.68. The van der Waals surface area contributed by atoms with Crippen LogP contribution in [0, 0.1) is 5.92 Å². The van der Waals surface area contributed by atoms with Crippen molar-refractivity contribution < 1.29 is 4.74 Å². The van der Waals surface area contributed by atoms with Crippen molar-refractivity contribution in [1.29, 1.82) is 0 Å². The van der Waals surface area contributed by atoms with E-state index in [1.807, 2.05) is 6.07 Å². The fourth-order valence-corrected chi connectivity index (χ4v) is 2.65. The zero-order chi connectivity index (χ0) is 12.1. The van der Waals surface area contributed by atoms with Gasteiger partial charge in [-0.1, -0.05) is 31.9 Å². The Labute approximate surface area is 104 Å². The summed E-state index contributed by atoms with van der Waals surface area (Å²) in [4.78, 5) is 0. The highest BCUT2D eigenvalue weighted by Gasteiger charge is 2.20. The molecule has 94 valence electrons. The van der Waals surface area contributed by atoms with Gasteiger partial charge in [-0.2, -0.15) is 0 Å². The molecule has 1 fully saturated rings. The molecular formula is C15H23NO. The van der Waals surface area contributed by atoms with Gasteiger partial charge in [-0.25, -0.2) is 0 Å². The third-order valence-electron chi connectivity index (χ3n) is 3.81. The van der Waals surface area contributed by atoms with Crippen LogP contribution in [0.4, 0.5) is 0 Å². The van der Waals surface area contributed by atoms with Crippen LogP contribution >= 0.6 is 0 Å². The van der Waals surface area contributed by atoms with Gasteiger partial charge < -0.3 is 10.1 Å². The van der Waals surface area contributed by atoms with Gasteiger partial charge in [-0.05, 0) is 36.5 Å². The first kappa shape index (κ1) is 12.4. The van der Waals surface area contributed by atoms with E-state index < -0.39 is 0 Å². The highest BCUT2D eigenvalue weighted by molar-refractivity contribution is 5.28. The largest absolute Gasteiger partial charge is 0.497 e. The zero-order valence-electron chi connectivity index (χ0n) is 10.9. The van der Waals surface area contributed by atoms with Crippen LogP contribution in [0.2, 0.25) is 0 Å². The second-order valence-corrected chi connectivity index (χ2v) is 5.10. The fraction of sp³-hybridized carbons (Fsp3) is 0.600. The van der Waals surface area contributed by atoms with Gasteiger partial charge in [-0.3, -0.25) is 0 Å². The molecule has 1 aliphatic carbocycles. The molecule has 0 saturated heterocycles. The minimum atomic E-state index is 0.690. The second kappa shape index (κ2) is 6.06. The molecule has 1 saturated carbocycles. The molecule has 0 amide bonds. The topological polar surface area (TPSA) is 21.3 Å². The van der Waals surface area contributed by atoms with Crippen LogP contribution < -0.4 is 10.1 Å². The van der Waals surface area contributed by atoms with Crippen LogP contribution in [-0.4, -0.2) is 13.2 Å². The van der Waals surface area contributed by atoms with Crippen LogP contribution in [0.15, 0.2) is 24.3 Å². The molecule has 0 radical (unpaired) electrons. The lowest BCUT2D eigenvalue weighted by atomic mass is 9.86. The number of ether oxygens (including phenoxy) is 1. The molecule has 0 heterocycles. The van der Waals surface area contributed by atoms with Crippen molar-refractivity contribution in [2.75, 3.05) is 7.11 Å². The van der Waals surface area contributed by atoms with Crippen molar-refractivity contribution in [2.45, 2.75) is 45.2 Å². The first-order chi connectivity index (χ1) is 8.29. The van der Waals surface area contributed by atoms with Gasteiger partial charge >= 0.3 is 0 Å². The molecule has 0 aliphatic heterocycles. The first-order valence-corrected chi connectivity index (χ1v) is 6.66. The Morgan fingerprint density at radius 3 is 2.88 bits per heavy atom. The molecule has 2 atom stereocenters. The van der Waals surface area contributed by atoms with E-state index in [4.69, 9.17) is 4.74 Å². The average molecular weight is 233 g/mol. The molecule has 1 aromatic rings. The molecule has 2 rings (SSSR count). The lowest BCUT2D eigenvalue weighted by Gasteiger charge is -2.29. The maximum absolute atomic E-state index is 5.24. The number of benzene rings is 1. The Morgan fingerprint density at radius 1 is 1.29 bits per heavy atom. The van der Waals surface area contributed by atoms with Crippen molar-refractivity contribution in [1.82, 2.24) is 5.32 Å². The van der Waals surface area contributed by atoms with Crippen LogP contribution in [0.5, 0.6) is 5.75 Å². The molecule has 1 aliphatic rings. The highest BCUT2D eigenvalue weighted by Crippen LogP contribution is 2.24. The minimum Gasteiger partial charge on any atom is -0.497 e. The van der Waals surface area contributed by atoms with Crippen LogP contribution in [0.3, 0.4) is 0 Å². The average Bonchev–Trinajstić information content (AvgIpc) is 2.38. The van der Waals surface area contributed by atoms with Crippen molar-refractivity contribution in [3.8, 4) is 5.75 Å². The third-order valence-corrected chi connectivity index (χ3v) is 3.81. The normalized spacial score (nSPS) is 24.6. The number of nitrogens with one attached hydrogen (secondary N) is 1. The summed E-state index contributed by atoms with van der Waals surface area (Å²) in [7, 11) is 1.72. The number of rotatable bonds is 4. The maximum atomic E-state index is 5.24. The smallest absolute Gasteiger partial charge is 0.119 e. The van der Waals surface area contributed by atoms with E-state index in [0.717, 1.165) is 18.2 Å². The Hall–Kier alpha value is -1.02. The van der Waals surface area contributed by atoms with Gasteiger partial charge in [-0.15, -0.1) is 0 Å². The van der Waals surface area contributed by atoms with Gasteiger partial charge in [0.2, 0.25) is 0 Å². The summed E-state index contributed by atoms with van der Waals surface area (Å²) in [6.07, 6.45) is 5.47. The number of hydrogen-bond donors (Lipinski definition) is 1. The second-order valence-electron chi connectivity index (χ2n) is 5.10. The van der Waals surface area contributed by atoms with E-state index in [9.17, 15) is 0 Å². The first-order valence-electron chi connectivity index (χ1n) is 6.66. The summed E-state index contributed by atoms with van der Waals surface area (Å²) >= 11 is 0. The molecule has 2 nitrogen and oxygen atoms in total. The van der Waals surface area contributed by atoms with Gasteiger partial charge in [0.25, 0.3) is 0 Å². The maximum Gasteiger partial charge on any atom is 0.119 e. The molecule has 0 bridgehead atoms. The number of methoxy groups -OCH3 is 1. The van der Waals surface area contributed by atoms with E-state index in [2.05, 4.69) is 30.4 Å². The van der Waals surface area contributed by atoms with Crippen LogP contribution in [0.25, 0.3) is 0 Å². The fourth-order valence-electron chi connectivity index (χ4n) is 2.65. The van der Waals surface area contributed by atoms with Gasteiger partial charge in [0.15, 0.2) is 0 Å². The van der Waals surface area contributed by atoms with Gasteiger partial charge in [0, 0.05) is 12.6 Å². The Bertz CT molecular complexity index is 351. The van der Waals surface area contributed by atoms with E-state index in [1.165, 1.54) is 31.2 Å². The standard InChI is InChI=1S/C15H23NO/c1-12-6-3-4-9-15(12)16-11-13-7-5-8-14(10-13)17-2/h5,7-8,10,12,15-16H,3-4,6,9,11H2,1-2H3. The SMILES string of the molecule is COc1cccc(CNC2CCCCC2C)c1. The van der Waals surface area contributed by atoms with Crippen LogP contribution in [-0.2, 0) is 6.54 Å². The number of hydrogen-bond acceptors (Lipinski definition) is 2. The van der Waals surface area contributed by atoms with E-state index in [1.54, 1.807) is 7.11 Å². The minimum absolute atomic E-state index is 0.690. The van der Waals surface area contributed by atoms with E-state index in [-0.39, 0.29) is 0 Å². The summed E-state index contributed by atoms with van der Waals surface area (Å²) in [6.45, 7) is 3.31. The summed E-state index contributed by atoms with van der Waals surface area (Å²) in [6, 6.07) is 9.01. The van der Waals surface area contributed by atoms with E-state index >= 15 is 0 Å². The predicted molar refractivity (Wildman–Crippen MR) is 71.3 cm³/mol. The third kappa shape index (κ3) is 3.47. The molecule has 0 spiro atoms. The van der Waals surface area contributed by atoms with Gasteiger partial charge in [0.1, 0.15) is 5.75 Å². The van der Waals surface area contributed by atoms with Crippen molar-refractivity contribution in [3.05, 3.63) is 29.8 Å². The molecule has 1 N–H and O–H groups in total.